The maximum atomic E-state index is 6.11. The molecule has 0 aromatic heterocycles. The molecule has 6 heteroatoms. The van der Waals surface area contributed by atoms with Crippen molar-refractivity contribution in [3.63, 3.8) is 0 Å². The first-order valence-corrected chi connectivity index (χ1v) is 11.2. The van der Waals surface area contributed by atoms with Gasteiger partial charge in [0.05, 0.1) is 6.10 Å². The van der Waals surface area contributed by atoms with Gasteiger partial charge in [-0.3, -0.25) is 9.89 Å². The molecule has 1 saturated carbocycles. The minimum Gasteiger partial charge on any atom is -0.378 e. The van der Waals surface area contributed by atoms with E-state index in [-0.39, 0.29) is 24.0 Å². The van der Waals surface area contributed by atoms with Crippen LogP contribution in [0.5, 0.6) is 0 Å². The highest BCUT2D eigenvalue weighted by Crippen LogP contribution is 2.31. The number of guanidine groups is 1. The number of benzene rings is 1. The number of piperidine rings is 1. The molecule has 0 radical (unpaired) electrons. The lowest BCUT2D eigenvalue weighted by Gasteiger charge is -2.31. The number of hydrogen-bond donors (Lipinski definition) is 2. The van der Waals surface area contributed by atoms with Gasteiger partial charge >= 0.3 is 0 Å². The Kier molecular flexibility index (Phi) is 12.0. The van der Waals surface area contributed by atoms with Gasteiger partial charge in [0.2, 0.25) is 0 Å². The van der Waals surface area contributed by atoms with Gasteiger partial charge in [0.25, 0.3) is 0 Å². The Morgan fingerprint density at radius 3 is 2.55 bits per heavy atom. The van der Waals surface area contributed by atoms with Gasteiger partial charge in [-0.2, -0.15) is 0 Å². The van der Waals surface area contributed by atoms with Crippen LogP contribution in [0, 0.1) is 5.92 Å². The molecular weight excluding hydrogens is 475 g/mol. The van der Waals surface area contributed by atoms with E-state index in [2.05, 4.69) is 57.8 Å². The summed E-state index contributed by atoms with van der Waals surface area (Å²) in [6, 6.07) is 10.8. The topological polar surface area (TPSA) is 48.9 Å². The number of rotatable bonds is 11. The molecule has 5 nitrogen and oxygen atoms in total. The average molecular weight is 514 g/mol. The second-order valence-corrected chi connectivity index (χ2v) is 8.10. The van der Waals surface area contributed by atoms with Crippen molar-refractivity contribution in [3.8, 4) is 0 Å². The predicted molar refractivity (Wildman–Crippen MR) is 132 cm³/mol. The Bertz CT molecular complexity index is 572. The van der Waals surface area contributed by atoms with Crippen molar-refractivity contribution in [1.29, 1.82) is 0 Å². The van der Waals surface area contributed by atoms with Crippen molar-refractivity contribution in [1.82, 2.24) is 15.5 Å². The average Bonchev–Trinajstić information content (AvgIpc) is 3.54. The minimum absolute atomic E-state index is 0. The van der Waals surface area contributed by atoms with Gasteiger partial charge in [-0.15, -0.1) is 24.0 Å². The van der Waals surface area contributed by atoms with Crippen LogP contribution in [0.2, 0.25) is 0 Å². The third-order valence-electron chi connectivity index (χ3n) is 5.60. The van der Waals surface area contributed by atoms with Crippen LogP contribution >= 0.6 is 24.0 Å². The van der Waals surface area contributed by atoms with Crippen molar-refractivity contribution in [2.75, 3.05) is 39.3 Å². The molecule has 2 fully saturated rings. The summed E-state index contributed by atoms with van der Waals surface area (Å²) in [7, 11) is 0. The van der Waals surface area contributed by atoms with E-state index in [0.717, 1.165) is 77.0 Å². The van der Waals surface area contributed by atoms with E-state index < -0.39 is 0 Å². The SMILES string of the molecule is CCNC(=NCCCOC1CCN(Cc2ccccc2)CC1)NCCC1CC1.I. The van der Waals surface area contributed by atoms with Gasteiger partial charge in [-0.1, -0.05) is 43.2 Å². The van der Waals surface area contributed by atoms with Gasteiger partial charge in [0.1, 0.15) is 0 Å². The highest BCUT2D eigenvalue weighted by atomic mass is 127. The summed E-state index contributed by atoms with van der Waals surface area (Å²) >= 11 is 0. The zero-order valence-corrected chi connectivity index (χ0v) is 20.3. The molecule has 0 bridgehead atoms. The van der Waals surface area contributed by atoms with Crippen molar-refractivity contribution in [2.45, 2.75) is 58.1 Å². The molecule has 164 valence electrons. The first kappa shape index (κ1) is 24.4. The van der Waals surface area contributed by atoms with E-state index in [1.54, 1.807) is 0 Å². The summed E-state index contributed by atoms with van der Waals surface area (Å²) in [5.41, 5.74) is 1.40. The van der Waals surface area contributed by atoms with Gasteiger partial charge in [-0.25, -0.2) is 0 Å². The quantitative estimate of drug-likeness (QED) is 0.203. The van der Waals surface area contributed by atoms with E-state index >= 15 is 0 Å². The number of halogens is 1. The van der Waals surface area contributed by atoms with Crippen LogP contribution in [-0.4, -0.2) is 56.3 Å². The smallest absolute Gasteiger partial charge is 0.191 e. The molecular formula is C23H39IN4O. The lowest BCUT2D eigenvalue weighted by Crippen LogP contribution is -2.38. The third-order valence-corrected chi connectivity index (χ3v) is 5.60. The van der Waals surface area contributed by atoms with Gasteiger partial charge in [0, 0.05) is 45.9 Å². The van der Waals surface area contributed by atoms with Crippen molar-refractivity contribution >= 4 is 29.9 Å². The fourth-order valence-corrected chi connectivity index (χ4v) is 3.72. The standard InChI is InChI=1S/C23H38N4O.HI/c1-2-24-23(26-15-11-20-9-10-20)25-14-6-18-28-22-12-16-27(17-13-22)19-21-7-4-3-5-8-21;/h3-5,7-8,20,22H,2,6,9-19H2,1H3,(H2,24,25,26);1H. The summed E-state index contributed by atoms with van der Waals surface area (Å²) in [5.74, 6) is 1.92. The minimum atomic E-state index is 0. The second kappa shape index (κ2) is 14.2. The molecule has 1 saturated heterocycles. The van der Waals surface area contributed by atoms with Crippen LogP contribution < -0.4 is 10.6 Å². The highest BCUT2D eigenvalue weighted by molar-refractivity contribution is 14.0. The molecule has 1 aromatic carbocycles. The molecule has 0 spiro atoms. The molecule has 3 rings (SSSR count). The zero-order chi connectivity index (χ0) is 19.4. The maximum absolute atomic E-state index is 6.11. The van der Waals surface area contributed by atoms with Crippen LogP contribution in [0.1, 0.15) is 51.0 Å². The molecule has 29 heavy (non-hydrogen) atoms. The van der Waals surface area contributed by atoms with Crippen LogP contribution in [0.15, 0.2) is 35.3 Å². The van der Waals surface area contributed by atoms with Crippen LogP contribution in [-0.2, 0) is 11.3 Å². The number of nitrogens with one attached hydrogen (secondary N) is 2. The Morgan fingerprint density at radius 2 is 1.86 bits per heavy atom. The lowest BCUT2D eigenvalue weighted by atomic mass is 10.1. The number of hydrogen-bond acceptors (Lipinski definition) is 3. The fourth-order valence-electron chi connectivity index (χ4n) is 3.72. The predicted octanol–water partition coefficient (Wildman–Crippen LogP) is 4.03. The molecule has 1 aliphatic carbocycles. The van der Waals surface area contributed by atoms with Crippen molar-refractivity contribution in [2.24, 2.45) is 10.9 Å². The van der Waals surface area contributed by atoms with E-state index in [1.165, 1.54) is 24.8 Å². The summed E-state index contributed by atoms with van der Waals surface area (Å²) in [6.07, 6.45) is 7.79. The Morgan fingerprint density at radius 1 is 1.10 bits per heavy atom. The molecule has 1 aliphatic heterocycles. The van der Waals surface area contributed by atoms with Crippen molar-refractivity contribution < 1.29 is 4.74 Å². The largest absolute Gasteiger partial charge is 0.378 e. The van der Waals surface area contributed by atoms with Crippen LogP contribution in [0.3, 0.4) is 0 Å². The van der Waals surface area contributed by atoms with Crippen LogP contribution in [0.4, 0.5) is 0 Å². The lowest BCUT2D eigenvalue weighted by molar-refractivity contribution is 0.00566. The van der Waals surface area contributed by atoms with Crippen molar-refractivity contribution in [3.05, 3.63) is 35.9 Å². The Hall–Kier alpha value is -0.860. The molecule has 0 atom stereocenters. The first-order valence-electron chi connectivity index (χ1n) is 11.2. The van der Waals surface area contributed by atoms with Gasteiger partial charge in [-0.05, 0) is 44.1 Å². The fraction of sp³-hybridized carbons (Fsp3) is 0.696. The number of ether oxygens (including phenoxy) is 1. The summed E-state index contributed by atoms with van der Waals surface area (Å²) < 4.78 is 6.11. The van der Waals surface area contributed by atoms with E-state index in [9.17, 15) is 0 Å². The van der Waals surface area contributed by atoms with E-state index in [0.29, 0.717) is 6.10 Å². The number of nitrogens with zero attached hydrogens (tertiary/aromatic N) is 2. The molecule has 2 N–H and O–H groups in total. The molecule has 0 amide bonds. The van der Waals surface area contributed by atoms with Crippen LogP contribution in [0.25, 0.3) is 0 Å². The Labute approximate surface area is 194 Å². The zero-order valence-electron chi connectivity index (χ0n) is 17.9. The summed E-state index contributed by atoms with van der Waals surface area (Å²) in [5, 5.41) is 6.78. The monoisotopic (exact) mass is 514 g/mol. The van der Waals surface area contributed by atoms with Gasteiger partial charge in [0.15, 0.2) is 5.96 Å². The van der Waals surface area contributed by atoms with Gasteiger partial charge < -0.3 is 15.4 Å². The molecule has 1 heterocycles. The highest BCUT2D eigenvalue weighted by Gasteiger charge is 2.20. The molecule has 0 unspecified atom stereocenters. The number of likely N-dealkylation sites (tertiary alicyclic amines) is 1. The number of aliphatic imine (C=N–C) groups is 1. The third kappa shape index (κ3) is 10.1. The maximum Gasteiger partial charge on any atom is 0.191 e. The van der Waals surface area contributed by atoms with E-state index in [4.69, 9.17) is 4.74 Å². The molecule has 1 aromatic rings. The van der Waals surface area contributed by atoms with E-state index in [1.807, 2.05) is 0 Å². The summed E-state index contributed by atoms with van der Waals surface area (Å²) in [6.45, 7) is 9.02. The Balaban J connectivity index is 0.00000300. The summed E-state index contributed by atoms with van der Waals surface area (Å²) in [4.78, 5) is 7.22. The second-order valence-electron chi connectivity index (χ2n) is 8.10. The molecule has 2 aliphatic rings. The normalized spacial score (nSPS) is 18.3. The first-order chi connectivity index (χ1) is 13.8.